The van der Waals surface area contributed by atoms with E-state index in [1.54, 1.807) is 30.3 Å². The number of carbonyl (C=O) groups is 6. The number of methoxy groups -OCH3 is 3. The molecule has 3 aromatic carbocycles. The van der Waals surface area contributed by atoms with Crippen molar-refractivity contribution in [3.63, 3.8) is 0 Å². The van der Waals surface area contributed by atoms with Crippen LogP contribution in [0.3, 0.4) is 0 Å². The second-order valence-electron chi connectivity index (χ2n) is 14.7. The monoisotopic (exact) mass is 800 g/mol. The fourth-order valence-electron chi connectivity index (χ4n) is 7.04. The summed E-state index contributed by atoms with van der Waals surface area (Å²) in [5, 5.41) is 8.17. The van der Waals surface area contributed by atoms with Crippen LogP contribution in [0.1, 0.15) is 43.0 Å². The van der Waals surface area contributed by atoms with Gasteiger partial charge < -0.3 is 44.9 Å². The van der Waals surface area contributed by atoms with Crippen molar-refractivity contribution in [1.29, 1.82) is 0 Å². The van der Waals surface area contributed by atoms with Crippen LogP contribution < -0.4 is 30.2 Å². The number of nitrogens with one attached hydrogen (secondary N) is 3. The number of hydrogen-bond donors (Lipinski definition) is 3. The fourth-order valence-corrected chi connectivity index (χ4v) is 7.04. The van der Waals surface area contributed by atoms with Gasteiger partial charge in [-0.3, -0.25) is 28.8 Å². The van der Waals surface area contributed by atoms with Crippen molar-refractivity contribution >= 4 is 35.4 Å². The highest BCUT2D eigenvalue weighted by atomic mass is 16.5. The van der Waals surface area contributed by atoms with Gasteiger partial charge in [0.25, 0.3) is 0 Å². The molecule has 0 spiro atoms. The lowest BCUT2D eigenvalue weighted by molar-refractivity contribution is -0.149. The van der Waals surface area contributed by atoms with Crippen LogP contribution >= 0.6 is 0 Å². The average molecular weight is 801 g/mol. The molecule has 0 bridgehead atoms. The zero-order chi connectivity index (χ0) is 42.8. The summed E-state index contributed by atoms with van der Waals surface area (Å²) in [6.07, 6.45) is 0.161. The Labute approximate surface area is 340 Å². The molecule has 4 rings (SSSR count). The molecule has 6 amide bonds. The molecular formula is C43H56N6O9. The number of hydrogen-bond acceptors (Lipinski definition) is 9. The Morgan fingerprint density at radius 1 is 0.517 bits per heavy atom. The molecular weight excluding hydrogens is 745 g/mol. The Hall–Kier alpha value is -6.12. The molecule has 15 nitrogen and oxygen atoms in total. The van der Waals surface area contributed by atoms with E-state index < -0.39 is 71.7 Å². The maximum Gasteiger partial charge on any atom is 0.246 e. The lowest BCUT2D eigenvalue weighted by Gasteiger charge is -2.36. The minimum Gasteiger partial charge on any atom is -0.497 e. The molecule has 0 aliphatic carbocycles. The highest BCUT2D eigenvalue weighted by Gasteiger charge is 2.39. The van der Waals surface area contributed by atoms with Gasteiger partial charge in [0.1, 0.15) is 42.0 Å². The van der Waals surface area contributed by atoms with Crippen molar-refractivity contribution < 1.29 is 43.0 Å². The van der Waals surface area contributed by atoms with Gasteiger partial charge in [0, 0.05) is 40.4 Å². The van der Waals surface area contributed by atoms with E-state index in [1.807, 2.05) is 43.3 Å². The van der Waals surface area contributed by atoms with E-state index in [1.165, 1.54) is 77.9 Å². The first-order chi connectivity index (χ1) is 27.5. The van der Waals surface area contributed by atoms with E-state index in [-0.39, 0.29) is 19.3 Å². The summed E-state index contributed by atoms with van der Waals surface area (Å²) in [6, 6.07) is 12.9. The minimum absolute atomic E-state index is 0.00104. The van der Waals surface area contributed by atoms with Crippen LogP contribution in [0.2, 0.25) is 0 Å². The van der Waals surface area contributed by atoms with E-state index in [0.717, 1.165) is 11.1 Å². The third-order valence-electron chi connectivity index (χ3n) is 10.6. The third kappa shape index (κ3) is 10.6. The summed E-state index contributed by atoms with van der Waals surface area (Å²) in [7, 11) is 8.96. The molecule has 15 heteroatoms. The van der Waals surface area contributed by atoms with Crippen molar-refractivity contribution in [2.24, 2.45) is 0 Å². The van der Waals surface area contributed by atoms with Crippen molar-refractivity contribution in [1.82, 2.24) is 30.7 Å². The topological polar surface area (TPSA) is 176 Å². The zero-order valence-electron chi connectivity index (χ0n) is 35.0. The molecule has 58 heavy (non-hydrogen) atoms. The number of likely N-dealkylation sites (N-methyl/N-ethyl adjacent to an activating group) is 3. The zero-order valence-corrected chi connectivity index (χ0v) is 35.0. The third-order valence-corrected chi connectivity index (χ3v) is 10.6. The van der Waals surface area contributed by atoms with Crippen LogP contribution in [0.25, 0.3) is 0 Å². The maximum absolute atomic E-state index is 14.8. The quantitative estimate of drug-likeness (QED) is 0.293. The van der Waals surface area contributed by atoms with Gasteiger partial charge in [0.15, 0.2) is 11.5 Å². The van der Waals surface area contributed by atoms with Gasteiger partial charge in [-0.05, 0) is 68.1 Å². The lowest BCUT2D eigenvalue weighted by Crippen LogP contribution is -2.61. The van der Waals surface area contributed by atoms with Crippen LogP contribution in [-0.2, 0) is 48.0 Å². The predicted molar refractivity (Wildman–Crippen MR) is 217 cm³/mol. The molecule has 6 atom stereocenters. The Morgan fingerprint density at radius 3 is 1.52 bits per heavy atom. The summed E-state index contributed by atoms with van der Waals surface area (Å²) >= 11 is 0. The number of amides is 6. The Bertz CT molecular complexity index is 1960. The van der Waals surface area contributed by atoms with Crippen LogP contribution in [0.4, 0.5) is 0 Å². The Morgan fingerprint density at radius 2 is 0.983 bits per heavy atom. The summed E-state index contributed by atoms with van der Waals surface area (Å²) in [4.78, 5) is 88.6. The number of ether oxygens (including phenoxy) is 3. The summed E-state index contributed by atoms with van der Waals surface area (Å²) < 4.78 is 16.3. The number of aryl methyl sites for hydroxylation is 1. The Balaban J connectivity index is 1.79. The fraction of sp³-hybridized carbons (Fsp3) is 0.442. The molecule has 1 saturated heterocycles. The summed E-state index contributed by atoms with van der Waals surface area (Å²) in [5.41, 5.74) is 2.84. The number of benzene rings is 3. The average Bonchev–Trinajstić information content (AvgIpc) is 3.21. The Kier molecular flexibility index (Phi) is 15.3. The van der Waals surface area contributed by atoms with E-state index in [4.69, 9.17) is 14.2 Å². The first kappa shape index (κ1) is 44.6. The van der Waals surface area contributed by atoms with E-state index >= 15 is 0 Å². The number of nitrogens with zero attached hydrogens (tertiary/aromatic N) is 3. The molecule has 1 aliphatic rings. The van der Waals surface area contributed by atoms with Gasteiger partial charge in [-0.25, -0.2) is 0 Å². The second kappa shape index (κ2) is 19.8. The van der Waals surface area contributed by atoms with E-state index in [0.29, 0.717) is 28.4 Å². The van der Waals surface area contributed by atoms with Gasteiger partial charge in [-0.15, -0.1) is 0 Å². The normalized spacial score (nSPS) is 23.0. The molecule has 1 aliphatic heterocycles. The summed E-state index contributed by atoms with van der Waals surface area (Å²) in [6.45, 7) is 6.29. The smallest absolute Gasteiger partial charge is 0.246 e. The van der Waals surface area contributed by atoms with Crippen molar-refractivity contribution in [2.45, 2.75) is 83.2 Å². The number of carbonyl (C=O) groups excluding carboxylic acids is 6. The molecule has 3 aromatic rings. The largest absolute Gasteiger partial charge is 0.497 e. The molecule has 0 saturated carbocycles. The lowest BCUT2D eigenvalue weighted by atomic mass is 9.98. The first-order valence-corrected chi connectivity index (χ1v) is 19.1. The van der Waals surface area contributed by atoms with Crippen molar-refractivity contribution in [3.05, 3.63) is 89.0 Å². The van der Waals surface area contributed by atoms with Crippen LogP contribution in [0, 0.1) is 6.92 Å². The molecule has 0 aromatic heterocycles. The van der Waals surface area contributed by atoms with Gasteiger partial charge in [-0.2, -0.15) is 0 Å². The molecule has 312 valence electrons. The molecule has 0 radical (unpaired) electrons. The highest BCUT2D eigenvalue weighted by Crippen LogP contribution is 2.33. The highest BCUT2D eigenvalue weighted by molar-refractivity contribution is 5.98. The second-order valence-corrected chi connectivity index (χ2v) is 14.7. The molecule has 1 unspecified atom stereocenters. The first-order valence-electron chi connectivity index (χ1n) is 19.1. The van der Waals surface area contributed by atoms with Gasteiger partial charge in [0.2, 0.25) is 35.4 Å². The predicted octanol–water partition coefficient (Wildman–Crippen LogP) is 2.06. The SMILES string of the molecule is COc1ccc(CC2C(=O)N[C@@H](C)C(=O)N(C)[C@@H](Cc3ccccc3)C(=O)N(C)[C@@H](Cc3cc(C)c(OC)c(OC)c3)C(=O)N[C@H](C)C(=O)N[C@@H](C)C(=O)N2C)cc1. The van der Waals surface area contributed by atoms with Gasteiger partial charge >= 0.3 is 0 Å². The number of rotatable bonds is 9. The standard InChI is InChI=1S/C43H56N6O9/c1-25-20-31(24-36(57-9)37(25)58-10)23-34-39(51)44-26(2)38(50)45-27(3)41(53)47(5)33(21-30-16-18-32(56-8)19-17-30)40(52)46-28(4)42(54)49(7)35(43(55)48(34)6)22-29-14-12-11-13-15-29/h11-20,24,26-28,33-35H,21-23H2,1-10H3,(H,44,51)(H,45,50)(H,46,52)/t26-,27+,28+,33?,34+,35+/m1/s1. The molecule has 3 N–H and O–H groups in total. The van der Waals surface area contributed by atoms with Crippen LogP contribution in [0.15, 0.2) is 66.7 Å². The molecule has 1 fully saturated rings. The van der Waals surface area contributed by atoms with Crippen molar-refractivity contribution in [3.8, 4) is 17.2 Å². The maximum atomic E-state index is 14.8. The van der Waals surface area contributed by atoms with Crippen molar-refractivity contribution in [2.75, 3.05) is 42.5 Å². The summed E-state index contributed by atoms with van der Waals surface area (Å²) in [5.74, 6) is -2.06. The van der Waals surface area contributed by atoms with Gasteiger partial charge in [0.05, 0.1) is 21.3 Å². The van der Waals surface area contributed by atoms with Gasteiger partial charge in [-0.1, -0.05) is 48.5 Å². The van der Waals surface area contributed by atoms with E-state index in [2.05, 4.69) is 16.0 Å². The van der Waals surface area contributed by atoms with Crippen LogP contribution in [-0.4, -0.2) is 129 Å². The minimum atomic E-state index is -1.18. The molecule has 1 heterocycles. The van der Waals surface area contributed by atoms with Crippen LogP contribution in [0.5, 0.6) is 17.2 Å². The van der Waals surface area contributed by atoms with E-state index in [9.17, 15) is 28.8 Å².